The Bertz CT molecular complexity index is 866. The molecule has 0 aliphatic carbocycles. The molecule has 1 N–H and O–H groups in total. The zero-order valence-corrected chi connectivity index (χ0v) is 14.5. The van der Waals surface area contributed by atoms with E-state index in [9.17, 15) is 17.6 Å². The molecule has 0 bridgehead atoms. The molecular weight excluding hydrogens is 331 g/mol. The number of sulfonamides is 1. The first kappa shape index (κ1) is 17.9. The van der Waals surface area contributed by atoms with Crippen LogP contribution in [0.4, 0.5) is 10.1 Å². The Morgan fingerprint density at radius 3 is 2.50 bits per heavy atom. The monoisotopic (exact) mass is 350 g/mol. The van der Waals surface area contributed by atoms with E-state index < -0.39 is 10.0 Å². The first-order valence-corrected chi connectivity index (χ1v) is 9.14. The van der Waals surface area contributed by atoms with Crippen LogP contribution in [0.5, 0.6) is 0 Å². The van der Waals surface area contributed by atoms with Crippen LogP contribution in [-0.2, 0) is 16.6 Å². The molecule has 1 amide bonds. The van der Waals surface area contributed by atoms with Crippen LogP contribution < -0.4 is 4.72 Å². The number of benzene rings is 2. The first-order chi connectivity index (χ1) is 11.2. The number of carbonyl (C=O) groups is 1. The van der Waals surface area contributed by atoms with E-state index in [0.717, 1.165) is 6.26 Å². The number of hydrogen-bond donors (Lipinski definition) is 1. The van der Waals surface area contributed by atoms with Crippen LogP contribution in [0.15, 0.2) is 42.5 Å². The third-order valence-corrected chi connectivity index (χ3v) is 4.08. The maximum Gasteiger partial charge on any atom is 0.253 e. The average Bonchev–Trinajstić information content (AvgIpc) is 2.49. The van der Waals surface area contributed by atoms with Gasteiger partial charge in [-0.25, -0.2) is 12.8 Å². The molecule has 0 spiro atoms. The third-order valence-electron chi connectivity index (χ3n) is 3.49. The lowest BCUT2D eigenvalue weighted by Gasteiger charge is -2.18. The zero-order chi connectivity index (χ0) is 17.9. The SMILES string of the molecule is Cc1ccc(C(=O)N(C)Cc2ccccc2F)cc1NS(C)(=O)=O. The Labute approximate surface area is 141 Å². The lowest BCUT2D eigenvalue weighted by atomic mass is 10.1. The largest absolute Gasteiger partial charge is 0.337 e. The minimum absolute atomic E-state index is 0.119. The van der Waals surface area contributed by atoms with Crippen molar-refractivity contribution in [2.45, 2.75) is 13.5 Å². The van der Waals surface area contributed by atoms with E-state index in [1.165, 1.54) is 17.0 Å². The fourth-order valence-corrected chi connectivity index (χ4v) is 2.86. The highest BCUT2D eigenvalue weighted by atomic mass is 32.2. The van der Waals surface area contributed by atoms with Crippen molar-refractivity contribution in [3.63, 3.8) is 0 Å². The van der Waals surface area contributed by atoms with E-state index in [4.69, 9.17) is 0 Å². The highest BCUT2D eigenvalue weighted by molar-refractivity contribution is 7.92. The number of aryl methyl sites for hydroxylation is 1. The molecular formula is C17H19FN2O3S. The fourth-order valence-electron chi connectivity index (χ4n) is 2.24. The molecule has 2 rings (SSSR count). The van der Waals surface area contributed by atoms with E-state index in [1.54, 1.807) is 44.3 Å². The van der Waals surface area contributed by atoms with Gasteiger partial charge in [-0.3, -0.25) is 9.52 Å². The van der Waals surface area contributed by atoms with E-state index in [0.29, 0.717) is 22.4 Å². The Morgan fingerprint density at radius 1 is 1.21 bits per heavy atom. The number of nitrogens with zero attached hydrogens (tertiary/aromatic N) is 1. The van der Waals surface area contributed by atoms with Gasteiger partial charge in [-0.05, 0) is 30.7 Å². The molecule has 2 aromatic rings. The molecule has 2 aromatic carbocycles. The highest BCUT2D eigenvalue weighted by Gasteiger charge is 2.16. The minimum atomic E-state index is -3.44. The maximum atomic E-state index is 13.7. The van der Waals surface area contributed by atoms with Crippen LogP contribution in [0, 0.1) is 12.7 Å². The van der Waals surface area contributed by atoms with Gasteiger partial charge in [0.2, 0.25) is 10.0 Å². The molecule has 0 unspecified atom stereocenters. The number of nitrogens with one attached hydrogen (secondary N) is 1. The van der Waals surface area contributed by atoms with Gasteiger partial charge >= 0.3 is 0 Å². The van der Waals surface area contributed by atoms with Gasteiger partial charge in [-0.2, -0.15) is 0 Å². The van der Waals surface area contributed by atoms with Gasteiger partial charge in [-0.1, -0.05) is 24.3 Å². The molecule has 0 aromatic heterocycles. The molecule has 0 saturated carbocycles. The fraction of sp³-hybridized carbons (Fsp3) is 0.235. The smallest absolute Gasteiger partial charge is 0.253 e. The van der Waals surface area contributed by atoms with Gasteiger partial charge in [0.1, 0.15) is 5.82 Å². The van der Waals surface area contributed by atoms with E-state index >= 15 is 0 Å². The molecule has 0 radical (unpaired) electrons. The predicted molar refractivity (Wildman–Crippen MR) is 91.8 cm³/mol. The molecule has 0 atom stereocenters. The number of rotatable bonds is 5. The Morgan fingerprint density at radius 2 is 1.88 bits per heavy atom. The lowest BCUT2D eigenvalue weighted by molar-refractivity contribution is 0.0784. The summed E-state index contributed by atoms with van der Waals surface area (Å²) in [7, 11) is -1.87. The van der Waals surface area contributed by atoms with Crippen molar-refractivity contribution in [3.8, 4) is 0 Å². The van der Waals surface area contributed by atoms with Crippen molar-refractivity contribution in [2.24, 2.45) is 0 Å². The van der Waals surface area contributed by atoms with Crippen LogP contribution in [0.1, 0.15) is 21.5 Å². The third kappa shape index (κ3) is 4.55. The van der Waals surface area contributed by atoms with Gasteiger partial charge in [0, 0.05) is 24.7 Å². The second-order valence-electron chi connectivity index (χ2n) is 5.66. The second-order valence-corrected chi connectivity index (χ2v) is 7.41. The summed E-state index contributed by atoms with van der Waals surface area (Å²) in [6, 6.07) is 11.0. The molecule has 7 heteroatoms. The van der Waals surface area contributed by atoms with Gasteiger partial charge in [-0.15, -0.1) is 0 Å². The summed E-state index contributed by atoms with van der Waals surface area (Å²) < 4.78 is 38.9. The predicted octanol–water partition coefficient (Wildman–Crippen LogP) is 2.78. The van der Waals surface area contributed by atoms with Crippen molar-refractivity contribution >= 4 is 21.6 Å². The van der Waals surface area contributed by atoms with Crippen LogP contribution >= 0.6 is 0 Å². The first-order valence-electron chi connectivity index (χ1n) is 7.24. The van der Waals surface area contributed by atoms with E-state index in [1.807, 2.05) is 0 Å². The van der Waals surface area contributed by atoms with Crippen LogP contribution in [0.3, 0.4) is 0 Å². The van der Waals surface area contributed by atoms with Crippen molar-refractivity contribution in [1.82, 2.24) is 4.90 Å². The molecule has 0 fully saturated rings. The summed E-state index contributed by atoms with van der Waals surface area (Å²) in [4.78, 5) is 13.9. The maximum absolute atomic E-state index is 13.7. The number of hydrogen-bond acceptors (Lipinski definition) is 3. The van der Waals surface area contributed by atoms with Crippen LogP contribution in [0.25, 0.3) is 0 Å². The van der Waals surface area contributed by atoms with Crippen molar-refractivity contribution in [1.29, 1.82) is 0 Å². The van der Waals surface area contributed by atoms with Gasteiger partial charge < -0.3 is 4.90 Å². The Kier molecular flexibility index (Phi) is 5.23. The molecule has 0 saturated heterocycles. The number of amides is 1. The van der Waals surface area contributed by atoms with E-state index in [-0.39, 0.29) is 18.3 Å². The van der Waals surface area contributed by atoms with Crippen molar-refractivity contribution < 1.29 is 17.6 Å². The summed E-state index contributed by atoms with van der Waals surface area (Å²) in [6.45, 7) is 1.86. The Hall–Kier alpha value is -2.41. The summed E-state index contributed by atoms with van der Waals surface area (Å²) in [6.07, 6.45) is 1.05. The van der Waals surface area contributed by atoms with Crippen molar-refractivity contribution in [3.05, 3.63) is 65.0 Å². The summed E-state index contributed by atoms with van der Waals surface area (Å²) in [5.74, 6) is -0.699. The Balaban J connectivity index is 2.23. The molecule has 5 nitrogen and oxygen atoms in total. The topological polar surface area (TPSA) is 66.5 Å². The number of carbonyl (C=O) groups excluding carboxylic acids is 1. The van der Waals surface area contributed by atoms with Crippen molar-refractivity contribution in [2.75, 3.05) is 18.0 Å². The second kappa shape index (κ2) is 7.00. The number of anilines is 1. The van der Waals surface area contributed by atoms with Gasteiger partial charge in [0.05, 0.1) is 11.9 Å². The van der Waals surface area contributed by atoms with E-state index in [2.05, 4.69) is 4.72 Å². The number of halogens is 1. The molecule has 128 valence electrons. The highest BCUT2D eigenvalue weighted by Crippen LogP contribution is 2.20. The van der Waals surface area contributed by atoms with Gasteiger partial charge in [0.25, 0.3) is 5.91 Å². The minimum Gasteiger partial charge on any atom is -0.337 e. The normalized spacial score (nSPS) is 11.2. The van der Waals surface area contributed by atoms with Gasteiger partial charge in [0.15, 0.2) is 0 Å². The quantitative estimate of drug-likeness (QED) is 0.902. The zero-order valence-electron chi connectivity index (χ0n) is 13.7. The molecule has 0 aliphatic heterocycles. The summed E-state index contributed by atoms with van der Waals surface area (Å²) in [5.41, 5.74) is 1.79. The molecule has 24 heavy (non-hydrogen) atoms. The molecule has 0 aliphatic rings. The van der Waals surface area contributed by atoms with Crippen LogP contribution in [0.2, 0.25) is 0 Å². The molecule has 0 heterocycles. The van der Waals surface area contributed by atoms with Crippen LogP contribution in [-0.4, -0.2) is 32.5 Å². The summed E-state index contributed by atoms with van der Waals surface area (Å²) >= 11 is 0. The average molecular weight is 350 g/mol. The standard InChI is InChI=1S/C17H19FN2O3S/c1-12-8-9-13(10-16(12)19-24(3,22)23)17(21)20(2)11-14-6-4-5-7-15(14)18/h4-10,19H,11H2,1-3H3. The summed E-state index contributed by atoms with van der Waals surface area (Å²) in [5, 5.41) is 0. The lowest BCUT2D eigenvalue weighted by Crippen LogP contribution is -2.26.